The number of piperidine rings is 1. The average molecular weight is 341 g/mol. The Morgan fingerprint density at radius 1 is 1.35 bits per heavy atom. The third-order valence-electron chi connectivity index (χ3n) is 4.74. The molecule has 5 nitrogen and oxygen atoms in total. The van der Waals surface area contributed by atoms with Gasteiger partial charge >= 0.3 is 0 Å². The van der Waals surface area contributed by atoms with Crippen LogP contribution < -0.4 is 10.6 Å². The van der Waals surface area contributed by atoms with Crippen molar-refractivity contribution in [3.8, 4) is 0 Å². The molecule has 0 spiro atoms. The Labute approximate surface area is 145 Å². The number of rotatable bonds is 3. The number of nitrogens with zero attached hydrogens (tertiary/aromatic N) is 2. The first-order valence-corrected chi connectivity index (χ1v) is 8.48. The second-order valence-electron chi connectivity index (χ2n) is 7.86. The molecule has 2 atom stereocenters. The molecule has 1 aromatic rings. The predicted octanol–water partition coefficient (Wildman–Crippen LogP) is 2.67. The molecule has 2 N–H and O–H groups in total. The molecule has 2 heterocycles. The van der Waals surface area contributed by atoms with Gasteiger partial charge in [0.25, 0.3) is 5.91 Å². The molecule has 0 aromatic carbocycles. The maximum atomic E-state index is 12.6. The predicted molar refractivity (Wildman–Crippen MR) is 94.4 cm³/mol. The van der Waals surface area contributed by atoms with Crippen LogP contribution in [0.1, 0.15) is 69.1 Å². The lowest BCUT2D eigenvalue weighted by molar-refractivity contribution is 0.0908. The number of hydrogen-bond acceptors (Lipinski definition) is 3. The molecule has 1 aromatic heterocycles. The third kappa shape index (κ3) is 4.07. The highest BCUT2D eigenvalue weighted by atomic mass is 35.5. The number of halogens is 1. The van der Waals surface area contributed by atoms with Crippen LogP contribution in [0, 0.1) is 5.92 Å². The minimum Gasteiger partial charge on any atom is -0.346 e. The molecular weight excluding hydrogens is 312 g/mol. The van der Waals surface area contributed by atoms with Crippen LogP contribution in [-0.4, -0.2) is 34.8 Å². The molecule has 0 bridgehead atoms. The summed E-state index contributed by atoms with van der Waals surface area (Å²) >= 11 is 0. The van der Waals surface area contributed by atoms with Gasteiger partial charge in [0, 0.05) is 24.2 Å². The van der Waals surface area contributed by atoms with Crippen molar-refractivity contribution in [3.05, 3.63) is 17.5 Å². The summed E-state index contributed by atoms with van der Waals surface area (Å²) in [5.41, 5.74) is 1.69. The van der Waals surface area contributed by atoms with Gasteiger partial charge < -0.3 is 10.6 Å². The smallest absolute Gasteiger partial charge is 0.272 e. The van der Waals surface area contributed by atoms with E-state index >= 15 is 0 Å². The molecule has 2 fully saturated rings. The first kappa shape index (κ1) is 18.3. The van der Waals surface area contributed by atoms with E-state index in [2.05, 4.69) is 43.4 Å². The van der Waals surface area contributed by atoms with Crippen LogP contribution in [0.25, 0.3) is 0 Å². The molecule has 1 saturated carbocycles. The zero-order valence-corrected chi connectivity index (χ0v) is 15.4. The van der Waals surface area contributed by atoms with Gasteiger partial charge in [-0.15, -0.1) is 12.4 Å². The van der Waals surface area contributed by atoms with E-state index in [0.717, 1.165) is 19.5 Å². The molecule has 6 heteroatoms. The first-order valence-electron chi connectivity index (χ1n) is 8.48. The summed E-state index contributed by atoms with van der Waals surface area (Å²) in [5.74, 6) is 1.06. The fraction of sp³-hybridized carbons (Fsp3) is 0.765. The number of carbonyl (C=O) groups is 1. The zero-order valence-electron chi connectivity index (χ0n) is 14.6. The van der Waals surface area contributed by atoms with Crippen LogP contribution in [0.4, 0.5) is 0 Å². The monoisotopic (exact) mass is 340 g/mol. The summed E-state index contributed by atoms with van der Waals surface area (Å²) in [6.07, 6.45) is 3.54. The van der Waals surface area contributed by atoms with E-state index < -0.39 is 0 Å². The highest BCUT2D eigenvalue weighted by Gasteiger charge is 2.33. The normalized spacial score (nSPS) is 24.9. The van der Waals surface area contributed by atoms with Gasteiger partial charge in [-0.25, -0.2) is 0 Å². The van der Waals surface area contributed by atoms with Crippen molar-refractivity contribution in [1.29, 1.82) is 0 Å². The fourth-order valence-corrected chi connectivity index (χ4v) is 3.14. The minimum atomic E-state index is -0.0872. The molecule has 1 saturated heterocycles. The van der Waals surface area contributed by atoms with Crippen molar-refractivity contribution < 1.29 is 4.79 Å². The first-order chi connectivity index (χ1) is 10.4. The summed E-state index contributed by atoms with van der Waals surface area (Å²) in [7, 11) is 0. The lowest BCUT2D eigenvalue weighted by Gasteiger charge is -2.30. The molecule has 23 heavy (non-hydrogen) atoms. The lowest BCUT2D eigenvalue weighted by Crippen LogP contribution is -2.50. The molecule has 2 unspecified atom stereocenters. The highest BCUT2D eigenvalue weighted by molar-refractivity contribution is 5.92. The van der Waals surface area contributed by atoms with Crippen molar-refractivity contribution in [3.63, 3.8) is 0 Å². The van der Waals surface area contributed by atoms with Gasteiger partial charge in [-0.3, -0.25) is 9.48 Å². The molecule has 1 amide bonds. The third-order valence-corrected chi connectivity index (χ3v) is 4.74. The Morgan fingerprint density at radius 2 is 2.04 bits per heavy atom. The Kier molecular flexibility index (Phi) is 5.41. The minimum absolute atomic E-state index is 0. The largest absolute Gasteiger partial charge is 0.346 e. The maximum absolute atomic E-state index is 12.6. The number of amides is 1. The van der Waals surface area contributed by atoms with Crippen molar-refractivity contribution in [2.24, 2.45) is 5.92 Å². The average Bonchev–Trinajstić information content (AvgIpc) is 3.18. The van der Waals surface area contributed by atoms with Crippen LogP contribution in [0.2, 0.25) is 0 Å². The van der Waals surface area contributed by atoms with Crippen molar-refractivity contribution in [2.45, 2.75) is 64.5 Å². The van der Waals surface area contributed by atoms with E-state index in [0.29, 0.717) is 17.5 Å². The number of nitrogens with one attached hydrogen (secondary N) is 2. The van der Waals surface area contributed by atoms with E-state index in [1.807, 2.05) is 10.7 Å². The summed E-state index contributed by atoms with van der Waals surface area (Å²) in [5, 5.41) is 11.1. The molecule has 130 valence electrons. The van der Waals surface area contributed by atoms with Crippen molar-refractivity contribution >= 4 is 18.3 Å². The van der Waals surface area contributed by atoms with E-state index in [9.17, 15) is 4.79 Å². The standard InChI is InChI=1S/C17H28N4O.ClH/c1-11-7-8-18-10-14(11)19-16(22)13-9-15(12-5-6-12)21(20-13)17(2,3)4;/h9,11-12,14,18H,5-8,10H2,1-4H3,(H,19,22);1H. The van der Waals surface area contributed by atoms with Gasteiger partial charge in [-0.05, 0) is 58.6 Å². The molecule has 1 aliphatic carbocycles. The molecule has 3 rings (SSSR count). The highest BCUT2D eigenvalue weighted by Crippen LogP contribution is 2.41. The molecular formula is C17H29ClN4O. The van der Waals surface area contributed by atoms with Crippen molar-refractivity contribution in [2.75, 3.05) is 13.1 Å². The van der Waals surface area contributed by atoms with Gasteiger partial charge in [-0.2, -0.15) is 5.10 Å². The van der Waals surface area contributed by atoms with Crippen molar-refractivity contribution in [1.82, 2.24) is 20.4 Å². The van der Waals surface area contributed by atoms with Crippen LogP contribution >= 0.6 is 12.4 Å². The van der Waals surface area contributed by atoms with Crippen LogP contribution in [0.3, 0.4) is 0 Å². The lowest BCUT2D eigenvalue weighted by atomic mass is 9.95. The number of carbonyl (C=O) groups excluding carboxylic acids is 1. The molecule has 1 aliphatic heterocycles. The maximum Gasteiger partial charge on any atom is 0.272 e. The molecule has 0 radical (unpaired) electrons. The van der Waals surface area contributed by atoms with Gasteiger partial charge in [0.2, 0.25) is 0 Å². The van der Waals surface area contributed by atoms with Crippen LogP contribution in [0.5, 0.6) is 0 Å². The number of aromatic nitrogens is 2. The summed E-state index contributed by atoms with van der Waals surface area (Å²) in [6.45, 7) is 10.5. The van der Waals surface area contributed by atoms with Gasteiger partial charge in [0.05, 0.1) is 5.54 Å². The second kappa shape index (κ2) is 6.81. The van der Waals surface area contributed by atoms with Gasteiger partial charge in [0.1, 0.15) is 5.69 Å². The van der Waals surface area contributed by atoms with Gasteiger partial charge in [0.15, 0.2) is 0 Å². The Balaban J connectivity index is 0.00000192. The van der Waals surface area contributed by atoms with E-state index in [1.54, 1.807) is 0 Å². The van der Waals surface area contributed by atoms with E-state index in [4.69, 9.17) is 0 Å². The Morgan fingerprint density at radius 3 is 2.61 bits per heavy atom. The van der Waals surface area contributed by atoms with E-state index in [1.165, 1.54) is 18.5 Å². The number of hydrogen-bond donors (Lipinski definition) is 2. The Hall–Kier alpha value is -1.07. The quantitative estimate of drug-likeness (QED) is 0.889. The fourth-order valence-electron chi connectivity index (χ4n) is 3.14. The van der Waals surface area contributed by atoms with E-state index in [-0.39, 0.29) is 29.9 Å². The van der Waals surface area contributed by atoms with Crippen LogP contribution in [0.15, 0.2) is 6.07 Å². The summed E-state index contributed by atoms with van der Waals surface area (Å²) in [4.78, 5) is 12.6. The van der Waals surface area contributed by atoms with Gasteiger partial charge in [-0.1, -0.05) is 6.92 Å². The molecule has 2 aliphatic rings. The summed E-state index contributed by atoms with van der Waals surface area (Å²) < 4.78 is 2.04. The topological polar surface area (TPSA) is 58.9 Å². The van der Waals surface area contributed by atoms with Crippen LogP contribution in [-0.2, 0) is 5.54 Å². The summed E-state index contributed by atoms with van der Waals surface area (Å²) in [6, 6.07) is 2.20. The SMILES string of the molecule is CC1CCNCC1NC(=O)c1cc(C2CC2)n(C(C)(C)C)n1.Cl. The second-order valence-corrected chi connectivity index (χ2v) is 7.86. The Bertz CT molecular complexity index is 559. The zero-order chi connectivity index (χ0) is 15.9.